The van der Waals surface area contributed by atoms with E-state index in [1.54, 1.807) is 91.8 Å². The smallest absolute Gasteiger partial charge is 0.366 e. The lowest BCUT2D eigenvalue weighted by molar-refractivity contribution is 0.000326. The second-order valence-corrected chi connectivity index (χ2v) is 56.1. The Morgan fingerprint density at radius 2 is 0.524 bits per heavy atom. The number of nitrogens with zero attached hydrogens (tertiary/aromatic N) is 10. The summed E-state index contributed by atoms with van der Waals surface area (Å²) in [6.45, 7) is 28.0. The molecule has 0 amide bonds. The van der Waals surface area contributed by atoms with Gasteiger partial charge in [0.15, 0.2) is 13.6 Å². The molecule has 6 saturated heterocycles. The van der Waals surface area contributed by atoms with Crippen molar-refractivity contribution in [2.24, 2.45) is 91.7 Å². The molecule has 12 unspecified atom stereocenters. The molecule has 816 valence electrons. The SMILES string of the molecule is CC1CC(C)CN(S(=O)(=O)c2ccc3c(N=O)c4ccccc4c(NOCOP(=O)(O)O)c3c2)C1.CC1CC(C)CN(S(=O)(=O)c2ccc3c(NOCOP(=O)(O)O)c4ccccc4c(N=O)c3c2)C1.CC1CC(C)CN(S(=O)(=O)c2ccc3c(c2)/C(=N/OCOP(=O)(O)O)c2ccccc2/C3=N/OCOP(=O)(O)O)C1.CC1CC(C)CN(S(C)(=O)=O)C1.CC1CC(C)CN(S(C)(=O)=O)C1.CC1CC(C)CN(S(C)(=O)=O)C1. The molecule has 8 aromatic carbocycles. The van der Waals surface area contributed by atoms with E-state index < -0.39 is 119 Å². The van der Waals surface area contributed by atoms with E-state index in [0.717, 1.165) is 38.5 Å². The normalized spacial score (nSPS) is 23.7. The van der Waals surface area contributed by atoms with Gasteiger partial charge in [-0.1, -0.05) is 184 Å². The van der Waals surface area contributed by atoms with Crippen LogP contribution in [0.25, 0.3) is 43.1 Å². The number of anilines is 2. The van der Waals surface area contributed by atoms with E-state index in [1.165, 1.54) is 80.2 Å². The molecule has 0 spiro atoms. The number of sulfonamides is 6. The van der Waals surface area contributed by atoms with Crippen molar-refractivity contribution in [3.05, 3.63) is 159 Å². The number of hydrogen-bond donors (Lipinski definition) is 10. The maximum Gasteiger partial charge on any atom is 0.472 e. The first kappa shape index (κ1) is 121. The zero-order chi connectivity index (χ0) is 109. The van der Waals surface area contributed by atoms with Gasteiger partial charge in [0.2, 0.25) is 73.7 Å². The molecule has 8 aromatic rings. The molecule has 46 nitrogen and oxygen atoms in total. The highest BCUT2D eigenvalue weighted by Gasteiger charge is 2.40. The summed E-state index contributed by atoms with van der Waals surface area (Å²) < 4.78 is 219. The number of fused-ring (bicyclic) bond motifs is 6. The number of rotatable bonds is 29. The van der Waals surface area contributed by atoms with Crippen molar-refractivity contribution in [1.82, 2.24) is 25.8 Å². The molecule has 6 heterocycles. The van der Waals surface area contributed by atoms with Crippen LogP contribution in [0.4, 0.5) is 22.7 Å². The molecule has 12 atom stereocenters. The lowest BCUT2D eigenvalue weighted by Crippen LogP contribution is -2.42. The number of phosphoric ester groups is 4. The Kier molecular flexibility index (Phi) is 42.0. The van der Waals surface area contributed by atoms with Gasteiger partial charge in [-0.05, 0) is 156 Å². The average Bonchev–Trinajstić information content (AvgIpc) is 0.747. The maximum atomic E-state index is 13.7. The highest BCUT2D eigenvalue weighted by atomic mass is 32.2. The fourth-order valence-electron chi connectivity index (χ4n) is 19.7. The fraction of sp³-hybridized carbons (Fsp3) is 0.538. The molecule has 0 radical (unpaired) electrons. The van der Waals surface area contributed by atoms with E-state index in [0.29, 0.717) is 185 Å². The van der Waals surface area contributed by atoms with Crippen LogP contribution in [0.5, 0.6) is 0 Å². The third kappa shape index (κ3) is 34.2. The largest absolute Gasteiger partial charge is 0.472 e. The molecule has 15 rings (SSSR count). The second kappa shape index (κ2) is 50.9. The van der Waals surface area contributed by atoms with Gasteiger partial charge in [0.05, 0.1) is 44.8 Å². The van der Waals surface area contributed by atoms with E-state index in [4.69, 9.17) is 58.5 Å². The molecule has 0 bridgehead atoms. The summed E-state index contributed by atoms with van der Waals surface area (Å²) in [4.78, 5) is 115. The Labute approximate surface area is 857 Å². The molecule has 0 aromatic heterocycles. The Balaban J connectivity index is 0.000000193. The van der Waals surface area contributed by atoms with Crippen LogP contribution in [-0.2, 0) is 116 Å². The highest BCUT2D eigenvalue weighted by Crippen LogP contribution is 2.48. The first-order valence-corrected chi connectivity index (χ1v) is 63.0. The maximum absolute atomic E-state index is 13.7. The molecule has 6 aliphatic heterocycles. The topological polar surface area (TPSA) is 636 Å². The summed E-state index contributed by atoms with van der Waals surface area (Å²) in [6, 6.07) is 33.4. The Morgan fingerprint density at radius 1 is 0.293 bits per heavy atom. The first-order chi connectivity index (χ1) is 68.3. The van der Waals surface area contributed by atoms with Gasteiger partial charge < -0.3 is 48.8 Å². The minimum atomic E-state index is -4.84. The molecule has 147 heavy (non-hydrogen) atoms. The number of piperidine rings is 6. The van der Waals surface area contributed by atoms with Crippen LogP contribution in [0.15, 0.2) is 163 Å². The first-order valence-electron chi connectivity index (χ1n) is 47.1. The number of nitroso groups, excluding NO2 is 2. The minimum absolute atomic E-state index is 0.0267. The van der Waals surface area contributed by atoms with Crippen molar-refractivity contribution in [3.63, 3.8) is 0 Å². The fourth-order valence-corrected chi connectivity index (χ4v) is 28.7. The zero-order valence-electron chi connectivity index (χ0n) is 84.0. The highest BCUT2D eigenvalue weighted by molar-refractivity contribution is 7.90. The van der Waals surface area contributed by atoms with Crippen LogP contribution < -0.4 is 11.0 Å². The molecule has 56 heteroatoms. The predicted octanol–water partition coefficient (Wildman–Crippen LogP) is 14.0. The molecule has 1 aliphatic carbocycles. The van der Waals surface area contributed by atoms with Crippen molar-refractivity contribution < 1.29 is 145 Å². The van der Waals surface area contributed by atoms with E-state index in [1.807, 2.05) is 41.5 Å². The van der Waals surface area contributed by atoms with Crippen molar-refractivity contribution in [2.45, 2.75) is 136 Å². The monoisotopic (exact) mass is 2250 g/mol. The van der Waals surface area contributed by atoms with Gasteiger partial charge in [-0.3, -0.25) is 20.0 Å². The molecule has 0 saturated carbocycles. The standard InChI is InChI=1S/C23H29N3O12P2S.2C22H26N3O8PS.3C8H17NO2S/c1-15-9-16(2)12-26(11-15)41(33,34)17-7-8-20-21(10-17)23(25-36-14-38-40(30,31)32)19-6-4-3-5-18(19)22(20)24-35-13-37-39(27,28)29;1-14-9-15(2)12-25(11-14)35(30,31)16-7-8-19-20(10-16)21(23-26)17-5-3-4-6-18(17)22(19)24-32-13-33-34(27,28)29;1-14-9-15(2)12-25(11-14)35(30,31)16-7-8-19-20(10-16)22(24-32-13-33-34(27,28)29)18-6-4-3-5-17(18)21(19)23-26;3*1-7-4-8(2)6-9(5-7)12(3,10)11/h3-8,10,15-16H,9,11-14H2,1-2H3,(H2,27,28,29)(H2,30,31,32);2*3-8,10,14-15,24H,9,11-13H2,1-2H3,(H2,27,28,29);3*7-8H,4-6H2,1-3H3/b24-22-,25-23+;;;;;. The number of nitrogens with one attached hydrogen (secondary N) is 2. The van der Waals surface area contributed by atoms with E-state index in [9.17, 15) is 78.6 Å². The Bertz CT molecular complexity index is 6860. The molecule has 10 N–H and O–H groups in total. The third-order valence-electron chi connectivity index (χ3n) is 25.2. The van der Waals surface area contributed by atoms with Crippen molar-refractivity contribution in [3.8, 4) is 0 Å². The number of oxime groups is 2. The summed E-state index contributed by atoms with van der Waals surface area (Å²) >= 11 is 0. The van der Waals surface area contributed by atoms with Crippen LogP contribution in [0, 0.1) is 80.8 Å². The molecular weight excluding hydrogens is 2120 g/mol. The van der Waals surface area contributed by atoms with Gasteiger partial charge in [-0.25, -0.2) is 100 Å². The van der Waals surface area contributed by atoms with Crippen molar-refractivity contribution >= 4 is 169 Å². The summed E-state index contributed by atoms with van der Waals surface area (Å²) in [5.41, 5.74) is 7.79. The van der Waals surface area contributed by atoms with E-state index >= 15 is 0 Å². The predicted molar refractivity (Wildman–Crippen MR) is 555 cm³/mol. The average molecular weight is 2250 g/mol. The summed E-state index contributed by atoms with van der Waals surface area (Å²) in [5, 5.41) is 17.8. The lowest BCUT2D eigenvalue weighted by Gasteiger charge is -2.34. The lowest BCUT2D eigenvalue weighted by atomic mass is 9.83. The number of hydrogen-bond acceptors (Lipinski definition) is 32. The van der Waals surface area contributed by atoms with Gasteiger partial charge in [0.25, 0.3) is 0 Å². The molecule has 6 fully saturated rings. The number of phosphoric acid groups is 4. The molecule has 7 aliphatic rings. The second-order valence-electron chi connectivity index (χ2n) is 39.4. The summed E-state index contributed by atoms with van der Waals surface area (Å²) in [7, 11) is -39.6. The minimum Gasteiger partial charge on any atom is -0.366 e. The summed E-state index contributed by atoms with van der Waals surface area (Å²) in [6.07, 6.45) is 10.1. The van der Waals surface area contributed by atoms with Crippen LogP contribution in [-0.4, -0.2) is 251 Å². The van der Waals surface area contributed by atoms with Crippen molar-refractivity contribution in [1.29, 1.82) is 0 Å². The van der Waals surface area contributed by atoms with Crippen LogP contribution in [0.3, 0.4) is 0 Å². The zero-order valence-corrected chi connectivity index (χ0v) is 92.5. The van der Waals surface area contributed by atoms with Crippen LogP contribution in [0.1, 0.15) is 144 Å². The van der Waals surface area contributed by atoms with Gasteiger partial charge in [-0.2, -0.15) is 12.9 Å². The van der Waals surface area contributed by atoms with Crippen molar-refractivity contribution in [2.75, 3.05) is 135 Å². The molecular formula is C91H132N12O34P4S6. The number of benzene rings is 8. The summed E-state index contributed by atoms with van der Waals surface area (Å²) in [5.74, 6) is 4.27. The van der Waals surface area contributed by atoms with Crippen LogP contribution >= 0.6 is 31.3 Å². The van der Waals surface area contributed by atoms with Gasteiger partial charge in [0, 0.05) is 144 Å². The third-order valence-corrected chi connectivity index (χ3v) is 36.1. The van der Waals surface area contributed by atoms with Gasteiger partial charge in [0.1, 0.15) is 22.8 Å². The Morgan fingerprint density at radius 3 is 0.830 bits per heavy atom. The Hall–Kier alpha value is -7.64. The quantitative estimate of drug-likeness (QED) is 0.00520. The van der Waals surface area contributed by atoms with E-state index in [2.05, 4.69) is 91.3 Å². The van der Waals surface area contributed by atoms with Gasteiger partial charge >= 0.3 is 31.3 Å². The van der Waals surface area contributed by atoms with Gasteiger partial charge in [-0.15, -0.1) is 9.81 Å². The van der Waals surface area contributed by atoms with Crippen LogP contribution in [0.2, 0.25) is 0 Å². The van der Waals surface area contributed by atoms with E-state index in [-0.39, 0.29) is 78.6 Å².